The van der Waals surface area contributed by atoms with E-state index in [4.69, 9.17) is 14.2 Å². The molecule has 0 radical (unpaired) electrons. The highest BCUT2D eigenvalue weighted by molar-refractivity contribution is 5.84. The summed E-state index contributed by atoms with van der Waals surface area (Å²) in [7, 11) is 0. The summed E-state index contributed by atoms with van der Waals surface area (Å²) in [6.45, 7) is 3.47. The quantitative estimate of drug-likeness (QED) is 0.293. The monoisotopic (exact) mass is 471 g/mol. The number of ether oxygens (including phenoxy) is 4. The van der Waals surface area contributed by atoms with Crippen molar-refractivity contribution in [2.24, 2.45) is 0 Å². The molecule has 0 saturated heterocycles. The zero-order valence-corrected chi connectivity index (χ0v) is 19.2. The maximum Gasteiger partial charge on any atom is 0.516 e. The summed E-state index contributed by atoms with van der Waals surface area (Å²) in [6, 6.07) is 16.8. The van der Waals surface area contributed by atoms with Crippen LogP contribution >= 0.6 is 0 Å². The first kappa shape index (κ1) is 26.4. The lowest BCUT2D eigenvalue weighted by atomic mass is 10.1. The molecule has 9 heteroatoms. The van der Waals surface area contributed by atoms with Crippen LogP contribution < -0.4 is 5.32 Å². The molecule has 0 bridgehead atoms. The number of benzene rings is 2. The van der Waals surface area contributed by atoms with Crippen LogP contribution in [0.3, 0.4) is 0 Å². The Labute approximate surface area is 198 Å². The molecule has 2 aromatic carbocycles. The number of hydrogen-bond donors (Lipinski definition) is 1. The highest BCUT2D eigenvalue weighted by Gasteiger charge is 2.25. The summed E-state index contributed by atoms with van der Waals surface area (Å²) in [5.41, 5.74) is 1.53. The van der Waals surface area contributed by atoms with Gasteiger partial charge in [0.05, 0.1) is 0 Å². The molecule has 2 aromatic rings. The number of carbonyl (C=O) groups is 4. The summed E-state index contributed by atoms with van der Waals surface area (Å²) in [4.78, 5) is 48.5. The van der Waals surface area contributed by atoms with Crippen molar-refractivity contribution in [1.29, 1.82) is 0 Å². The van der Waals surface area contributed by atoms with E-state index < -0.39 is 36.3 Å². The number of carbonyl (C=O) groups excluding carboxylic acids is 4. The molecule has 1 N–H and O–H groups in total. The molecule has 2 rings (SSSR count). The molecule has 0 heterocycles. The Kier molecular flexibility index (Phi) is 11.1. The van der Waals surface area contributed by atoms with Gasteiger partial charge in [0.1, 0.15) is 25.4 Å². The second kappa shape index (κ2) is 14.3. The Morgan fingerprint density at radius 3 is 1.97 bits per heavy atom. The Bertz CT molecular complexity index is 932. The molecule has 1 unspecified atom stereocenters. The van der Waals surface area contributed by atoms with Crippen LogP contribution in [0.25, 0.3) is 0 Å². The van der Waals surface area contributed by atoms with Crippen molar-refractivity contribution in [3.8, 4) is 0 Å². The van der Waals surface area contributed by atoms with Crippen LogP contribution in [0.1, 0.15) is 44.2 Å². The van der Waals surface area contributed by atoms with Gasteiger partial charge in [-0.25, -0.2) is 14.4 Å². The van der Waals surface area contributed by atoms with Crippen LogP contribution in [0.4, 0.5) is 9.59 Å². The fourth-order valence-corrected chi connectivity index (χ4v) is 2.66. The van der Waals surface area contributed by atoms with Crippen molar-refractivity contribution in [1.82, 2.24) is 5.32 Å². The smallest absolute Gasteiger partial charge is 0.459 e. The SMILES string of the molecule is CCC(C)OC(=O)OC(=O)CC[C@H](NC(=O)OCc1ccccc1)C(=O)OCc1ccccc1. The summed E-state index contributed by atoms with van der Waals surface area (Å²) in [6.07, 6.45) is -2.30. The van der Waals surface area contributed by atoms with Gasteiger partial charge in [-0.1, -0.05) is 67.6 Å². The summed E-state index contributed by atoms with van der Waals surface area (Å²) < 4.78 is 19.9. The van der Waals surface area contributed by atoms with E-state index in [0.717, 1.165) is 11.1 Å². The third-order valence-corrected chi connectivity index (χ3v) is 4.72. The molecule has 0 spiro atoms. The molecule has 2 atom stereocenters. The van der Waals surface area contributed by atoms with Crippen LogP contribution in [0.15, 0.2) is 60.7 Å². The maximum atomic E-state index is 12.6. The van der Waals surface area contributed by atoms with Gasteiger partial charge in [0, 0.05) is 6.42 Å². The van der Waals surface area contributed by atoms with Gasteiger partial charge >= 0.3 is 24.2 Å². The molecule has 9 nitrogen and oxygen atoms in total. The first-order valence-corrected chi connectivity index (χ1v) is 11.0. The minimum absolute atomic E-state index is 0.00194. The van der Waals surface area contributed by atoms with Crippen LogP contribution in [0, 0.1) is 0 Å². The van der Waals surface area contributed by atoms with Crippen molar-refractivity contribution in [2.75, 3.05) is 0 Å². The van der Waals surface area contributed by atoms with Crippen molar-refractivity contribution in [3.05, 3.63) is 71.8 Å². The fourth-order valence-electron chi connectivity index (χ4n) is 2.66. The van der Waals surface area contributed by atoms with Gasteiger partial charge in [-0.3, -0.25) is 4.79 Å². The second-order valence-corrected chi connectivity index (χ2v) is 7.45. The number of esters is 2. The highest BCUT2D eigenvalue weighted by Crippen LogP contribution is 2.08. The lowest BCUT2D eigenvalue weighted by Crippen LogP contribution is -2.42. The molecular formula is C25H29NO8. The molecule has 34 heavy (non-hydrogen) atoms. The van der Waals surface area contributed by atoms with E-state index in [1.54, 1.807) is 55.5 Å². The first-order chi connectivity index (χ1) is 16.4. The average Bonchev–Trinajstić information content (AvgIpc) is 2.84. The van der Waals surface area contributed by atoms with E-state index in [1.807, 2.05) is 19.1 Å². The van der Waals surface area contributed by atoms with E-state index >= 15 is 0 Å². The molecule has 0 saturated carbocycles. The third kappa shape index (κ3) is 10.2. The van der Waals surface area contributed by atoms with E-state index in [1.165, 1.54) is 0 Å². The predicted octanol–water partition coefficient (Wildman–Crippen LogP) is 4.28. The molecular weight excluding hydrogens is 442 g/mol. The Morgan fingerprint density at radius 1 is 0.853 bits per heavy atom. The van der Waals surface area contributed by atoms with Crippen LogP contribution in [-0.2, 0) is 41.8 Å². The van der Waals surface area contributed by atoms with Gasteiger partial charge < -0.3 is 24.3 Å². The van der Waals surface area contributed by atoms with E-state index in [-0.39, 0.29) is 26.1 Å². The van der Waals surface area contributed by atoms with Gasteiger partial charge in [-0.2, -0.15) is 0 Å². The first-order valence-electron chi connectivity index (χ1n) is 11.0. The van der Waals surface area contributed by atoms with Crippen molar-refractivity contribution < 1.29 is 38.1 Å². The van der Waals surface area contributed by atoms with Crippen molar-refractivity contribution >= 4 is 24.2 Å². The summed E-state index contributed by atoms with van der Waals surface area (Å²) in [5, 5.41) is 2.41. The normalized spacial score (nSPS) is 12.1. The molecule has 0 aliphatic heterocycles. The summed E-state index contributed by atoms with van der Waals surface area (Å²) >= 11 is 0. The molecule has 0 aliphatic carbocycles. The third-order valence-electron chi connectivity index (χ3n) is 4.72. The van der Waals surface area contributed by atoms with Gasteiger partial charge in [0.15, 0.2) is 0 Å². The Morgan fingerprint density at radius 2 is 1.41 bits per heavy atom. The number of hydrogen-bond acceptors (Lipinski definition) is 8. The summed E-state index contributed by atoms with van der Waals surface area (Å²) in [5.74, 6) is -1.65. The van der Waals surface area contributed by atoms with Crippen molar-refractivity contribution in [3.63, 3.8) is 0 Å². The van der Waals surface area contributed by atoms with Gasteiger partial charge in [-0.05, 0) is 30.9 Å². The molecule has 0 aromatic heterocycles. The predicted molar refractivity (Wildman–Crippen MR) is 121 cm³/mol. The molecule has 0 fully saturated rings. The minimum Gasteiger partial charge on any atom is -0.459 e. The number of amides is 1. The topological polar surface area (TPSA) is 117 Å². The highest BCUT2D eigenvalue weighted by atomic mass is 16.7. The van der Waals surface area contributed by atoms with Gasteiger partial charge in [0.2, 0.25) is 0 Å². The van der Waals surface area contributed by atoms with Gasteiger partial charge in [-0.15, -0.1) is 0 Å². The molecule has 0 aliphatic rings. The van der Waals surface area contributed by atoms with Crippen LogP contribution in [0.2, 0.25) is 0 Å². The number of alkyl carbamates (subject to hydrolysis) is 1. The number of rotatable bonds is 11. The van der Waals surface area contributed by atoms with Gasteiger partial charge in [0.25, 0.3) is 0 Å². The van der Waals surface area contributed by atoms with E-state index in [0.29, 0.717) is 6.42 Å². The zero-order chi connectivity index (χ0) is 24.8. The lowest BCUT2D eigenvalue weighted by Gasteiger charge is -2.17. The Hall–Kier alpha value is -3.88. The van der Waals surface area contributed by atoms with E-state index in [2.05, 4.69) is 10.1 Å². The largest absolute Gasteiger partial charge is 0.516 e. The zero-order valence-electron chi connectivity index (χ0n) is 19.2. The molecule has 1 amide bonds. The van der Waals surface area contributed by atoms with Crippen molar-refractivity contribution in [2.45, 2.75) is 58.5 Å². The standard InChI is InChI=1S/C25H29NO8/c1-3-18(2)33-25(30)34-22(27)15-14-21(23(28)31-16-19-10-6-4-7-11-19)26-24(29)32-17-20-12-8-5-9-13-20/h4-13,18,21H,3,14-17H2,1-2H3,(H,26,29)/t18?,21-/m0/s1. The van der Waals surface area contributed by atoms with Crippen LogP contribution in [-0.4, -0.2) is 36.3 Å². The number of nitrogens with one attached hydrogen (secondary N) is 1. The Balaban J connectivity index is 1.92. The minimum atomic E-state index is -1.19. The maximum absolute atomic E-state index is 12.6. The van der Waals surface area contributed by atoms with Crippen LogP contribution in [0.5, 0.6) is 0 Å². The average molecular weight is 472 g/mol. The fraction of sp³-hybridized carbons (Fsp3) is 0.360. The lowest BCUT2D eigenvalue weighted by molar-refractivity contribution is -0.148. The second-order valence-electron chi connectivity index (χ2n) is 7.45. The van der Waals surface area contributed by atoms with E-state index in [9.17, 15) is 19.2 Å². The molecule has 182 valence electrons.